The quantitative estimate of drug-likeness (QED) is 0.332. The van der Waals surface area contributed by atoms with E-state index in [-0.39, 0.29) is 17.4 Å². The van der Waals surface area contributed by atoms with E-state index < -0.39 is 17.7 Å². The minimum absolute atomic E-state index is 0.0246. The van der Waals surface area contributed by atoms with Crippen molar-refractivity contribution in [1.29, 1.82) is 0 Å². The van der Waals surface area contributed by atoms with Crippen molar-refractivity contribution in [3.05, 3.63) is 70.3 Å². The second kappa shape index (κ2) is 11.2. The molecule has 1 amide bonds. The first-order valence-electron chi connectivity index (χ1n) is 12.0. The molecule has 0 unspecified atom stereocenters. The number of carbonyl (C=O) groups excluding carboxylic acids is 2. The first-order valence-corrected chi connectivity index (χ1v) is 12.3. The van der Waals surface area contributed by atoms with Crippen LogP contribution in [-0.4, -0.2) is 72.1 Å². The summed E-state index contributed by atoms with van der Waals surface area (Å²) in [6, 6.07) is 13.2. The summed E-state index contributed by atoms with van der Waals surface area (Å²) in [5.74, 6) is -0.791. The summed E-state index contributed by atoms with van der Waals surface area (Å²) in [4.78, 5) is 30.2. The SMILES string of the molecule is CC(C)Oc1ccc([C@H]2/C(=C(\O)c3ccc(Cl)cc3)C(=O)C(=O)N2CCCN2CCOCC2)cc1. The van der Waals surface area contributed by atoms with E-state index in [1.54, 1.807) is 29.2 Å². The standard InChI is InChI=1S/C27H31ClN2O5/c1-18(2)35-22-10-6-19(7-11-22)24-23(25(31)20-4-8-21(28)9-5-20)26(32)27(33)30(24)13-3-12-29-14-16-34-17-15-29/h4-11,18,24,31H,3,12-17H2,1-2H3/b25-23+/t24-/m0/s1. The van der Waals surface area contributed by atoms with Crippen molar-refractivity contribution in [2.75, 3.05) is 39.4 Å². The smallest absolute Gasteiger partial charge is 0.295 e. The fourth-order valence-electron chi connectivity index (χ4n) is 4.51. The molecule has 0 radical (unpaired) electrons. The molecule has 8 heteroatoms. The summed E-state index contributed by atoms with van der Waals surface area (Å²) in [7, 11) is 0. The third kappa shape index (κ3) is 5.86. The molecule has 2 aromatic rings. The molecule has 0 spiro atoms. The number of aliphatic hydroxyl groups excluding tert-OH is 1. The number of benzene rings is 2. The minimum Gasteiger partial charge on any atom is -0.507 e. The van der Waals surface area contributed by atoms with Crippen LogP contribution in [0.4, 0.5) is 0 Å². The summed E-state index contributed by atoms with van der Waals surface area (Å²) in [6.07, 6.45) is 0.732. The van der Waals surface area contributed by atoms with Crippen LogP contribution in [0.3, 0.4) is 0 Å². The number of halogens is 1. The second-order valence-electron chi connectivity index (χ2n) is 9.04. The van der Waals surface area contributed by atoms with E-state index in [1.165, 1.54) is 0 Å². The molecular formula is C27H31ClN2O5. The second-order valence-corrected chi connectivity index (χ2v) is 9.48. The number of hydrogen-bond acceptors (Lipinski definition) is 6. The number of hydrogen-bond donors (Lipinski definition) is 1. The molecule has 7 nitrogen and oxygen atoms in total. The number of nitrogens with zero attached hydrogens (tertiary/aromatic N) is 2. The van der Waals surface area contributed by atoms with Crippen molar-refractivity contribution < 1.29 is 24.2 Å². The number of morpholine rings is 1. The normalized spacial score (nSPS) is 20.6. The van der Waals surface area contributed by atoms with Gasteiger partial charge in [0.05, 0.1) is 30.9 Å². The van der Waals surface area contributed by atoms with E-state index in [4.69, 9.17) is 21.1 Å². The fraction of sp³-hybridized carbons (Fsp3) is 0.407. The Morgan fingerprint density at radius 1 is 1.06 bits per heavy atom. The van der Waals surface area contributed by atoms with Crippen LogP contribution in [0, 0.1) is 0 Å². The predicted molar refractivity (Wildman–Crippen MR) is 135 cm³/mol. The van der Waals surface area contributed by atoms with Gasteiger partial charge in [0.2, 0.25) is 0 Å². The molecule has 186 valence electrons. The molecule has 4 rings (SSSR count). The molecular weight excluding hydrogens is 468 g/mol. The van der Waals surface area contributed by atoms with E-state index in [0.29, 0.717) is 42.5 Å². The van der Waals surface area contributed by atoms with Gasteiger partial charge < -0.3 is 19.5 Å². The van der Waals surface area contributed by atoms with Crippen LogP contribution >= 0.6 is 11.6 Å². The zero-order chi connectivity index (χ0) is 24.9. The maximum absolute atomic E-state index is 13.2. The highest BCUT2D eigenvalue weighted by Gasteiger charge is 2.45. The molecule has 0 saturated carbocycles. The largest absolute Gasteiger partial charge is 0.507 e. The average molecular weight is 499 g/mol. The summed E-state index contributed by atoms with van der Waals surface area (Å²) in [5.41, 5.74) is 1.26. The Hall–Kier alpha value is -2.87. The van der Waals surface area contributed by atoms with Crippen molar-refractivity contribution in [3.8, 4) is 5.75 Å². The van der Waals surface area contributed by atoms with E-state index in [0.717, 1.165) is 25.2 Å². The highest BCUT2D eigenvalue weighted by atomic mass is 35.5. The van der Waals surface area contributed by atoms with Gasteiger partial charge in [-0.1, -0.05) is 23.7 Å². The number of likely N-dealkylation sites (tertiary alicyclic amines) is 1. The number of aliphatic hydroxyl groups is 1. The number of carbonyl (C=O) groups is 2. The summed E-state index contributed by atoms with van der Waals surface area (Å²) < 4.78 is 11.2. The summed E-state index contributed by atoms with van der Waals surface area (Å²) in [5, 5.41) is 11.7. The lowest BCUT2D eigenvalue weighted by atomic mass is 9.95. The lowest BCUT2D eigenvalue weighted by molar-refractivity contribution is -0.140. The summed E-state index contributed by atoms with van der Waals surface area (Å²) in [6.45, 7) is 8.22. The highest BCUT2D eigenvalue weighted by Crippen LogP contribution is 2.40. The van der Waals surface area contributed by atoms with Crippen molar-refractivity contribution in [2.24, 2.45) is 0 Å². The van der Waals surface area contributed by atoms with Crippen LogP contribution in [0.15, 0.2) is 54.1 Å². The molecule has 2 aromatic carbocycles. The molecule has 1 atom stereocenters. The van der Waals surface area contributed by atoms with Gasteiger partial charge in [-0.25, -0.2) is 0 Å². The molecule has 1 N–H and O–H groups in total. The number of Topliss-reactive ketones (excluding diaryl/α,β-unsaturated/α-hetero) is 1. The molecule has 0 aromatic heterocycles. The maximum Gasteiger partial charge on any atom is 0.295 e. The van der Waals surface area contributed by atoms with Gasteiger partial charge in [-0.2, -0.15) is 0 Å². The van der Waals surface area contributed by atoms with Gasteiger partial charge in [0.25, 0.3) is 11.7 Å². The zero-order valence-electron chi connectivity index (χ0n) is 20.1. The number of rotatable bonds is 8. The van der Waals surface area contributed by atoms with Crippen molar-refractivity contribution in [1.82, 2.24) is 9.80 Å². The lowest BCUT2D eigenvalue weighted by Crippen LogP contribution is -2.38. The van der Waals surface area contributed by atoms with Gasteiger partial charge in [0.1, 0.15) is 11.5 Å². The van der Waals surface area contributed by atoms with Crippen LogP contribution in [0.2, 0.25) is 5.02 Å². The van der Waals surface area contributed by atoms with Gasteiger partial charge in [-0.05, 0) is 62.2 Å². The zero-order valence-corrected chi connectivity index (χ0v) is 20.8. The summed E-state index contributed by atoms with van der Waals surface area (Å²) >= 11 is 6.00. The first-order chi connectivity index (χ1) is 16.8. The van der Waals surface area contributed by atoms with E-state index >= 15 is 0 Å². The Labute approximate surface area is 210 Å². The predicted octanol–water partition coefficient (Wildman–Crippen LogP) is 4.27. The van der Waals surface area contributed by atoms with Gasteiger partial charge in [0, 0.05) is 36.8 Å². The van der Waals surface area contributed by atoms with Crippen molar-refractivity contribution >= 4 is 29.1 Å². The third-order valence-electron chi connectivity index (χ3n) is 6.20. The lowest BCUT2D eigenvalue weighted by Gasteiger charge is -2.29. The Bertz CT molecular complexity index is 1080. The molecule has 0 bridgehead atoms. The topological polar surface area (TPSA) is 79.3 Å². The van der Waals surface area contributed by atoms with Crippen LogP contribution in [0.1, 0.15) is 37.4 Å². The molecule has 2 saturated heterocycles. The first kappa shape index (κ1) is 25.2. The van der Waals surface area contributed by atoms with E-state index in [9.17, 15) is 14.7 Å². The third-order valence-corrected chi connectivity index (χ3v) is 6.45. The van der Waals surface area contributed by atoms with Crippen molar-refractivity contribution in [2.45, 2.75) is 32.4 Å². The van der Waals surface area contributed by atoms with E-state index in [2.05, 4.69) is 4.90 Å². The van der Waals surface area contributed by atoms with Crippen LogP contribution in [-0.2, 0) is 14.3 Å². The number of ketones is 1. The van der Waals surface area contributed by atoms with Crippen molar-refractivity contribution in [3.63, 3.8) is 0 Å². The van der Waals surface area contributed by atoms with Gasteiger partial charge in [-0.15, -0.1) is 0 Å². The molecule has 0 aliphatic carbocycles. The van der Waals surface area contributed by atoms with Crippen LogP contribution in [0.5, 0.6) is 5.75 Å². The van der Waals surface area contributed by atoms with Gasteiger partial charge in [0.15, 0.2) is 0 Å². The Kier molecular flexibility index (Phi) is 8.11. The average Bonchev–Trinajstić information content (AvgIpc) is 3.10. The van der Waals surface area contributed by atoms with E-state index in [1.807, 2.05) is 38.1 Å². The molecule has 2 heterocycles. The van der Waals surface area contributed by atoms with Gasteiger partial charge >= 0.3 is 0 Å². The molecule has 35 heavy (non-hydrogen) atoms. The molecule has 2 fully saturated rings. The Morgan fingerprint density at radius 2 is 1.71 bits per heavy atom. The molecule has 2 aliphatic heterocycles. The van der Waals surface area contributed by atoms with Crippen LogP contribution in [0.25, 0.3) is 5.76 Å². The monoisotopic (exact) mass is 498 g/mol. The number of ether oxygens (including phenoxy) is 2. The highest BCUT2D eigenvalue weighted by molar-refractivity contribution is 6.46. The Balaban J connectivity index is 1.66. The maximum atomic E-state index is 13.2. The van der Waals surface area contributed by atoms with Gasteiger partial charge in [-0.3, -0.25) is 14.5 Å². The number of amides is 1. The Morgan fingerprint density at radius 3 is 2.34 bits per heavy atom. The fourth-order valence-corrected chi connectivity index (χ4v) is 4.64. The molecule has 2 aliphatic rings. The minimum atomic E-state index is -0.691. The van der Waals surface area contributed by atoms with Crippen LogP contribution < -0.4 is 4.74 Å².